The number of aromatic nitrogens is 1. The molecular weight excluding hydrogens is 318 g/mol. The van der Waals surface area contributed by atoms with E-state index in [2.05, 4.69) is 22.9 Å². The first kappa shape index (κ1) is 17.5. The number of hydrogen-bond acceptors (Lipinski definition) is 4. The van der Waals surface area contributed by atoms with Crippen molar-refractivity contribution >= 4 is 5.97 Å². The fraction of sp³-hybridized carbons (Fsp3) is 0.450. The van der Waals surface area contributed by atoms with Crippen molar-refractivity contribution in [1.29, 1.82) is 0 Å². The maximum atomic E-state index is 12.1. The number of carbonyl (C=O) groups is 1. The summed E-state index contributed by atoms with van der Waals surface area (Å²) in [6.07, 6.45) is 4.97. The summed E-state index contributed by atoms with van der Waals surface area (Å²) < 4.78 is 12.7. The quantitative estimate of drug-likeness (QED) is 0.785. The topological polar surface area (TPSA) is 60.7 Å². The van der Waals surface area contributed by atoms with E-state index < -0.39 is 0 Å². The highest BCUT2D eigenvalue weighted by Crippen LogP contribution is 2.39. The van der Waals surface area contributed by atoms with Gasteiger partial charge in [0.05, 0.1) is 20.1 Å². The maximum absolute atomic E-state index is 12.1. The first-order valence-corrected chi connectivity index (χ1v) is 8.82. The summed E-state index contributed by atoms with van der Waals surface area (Å²) in [6, 6.07) is 6.15. The number of aliphatic hydroxyl groups excluding tert-OH is 1. The van der Waals surface area contributed by atoms with E-state index in [-0.39, 0.29) is 19.0 Å². The minimum Gasteiger partial charge on any atom is -0.497 e. The van der Waals surface area contributed by atoms with Crippen LogP contribution in [0.3, 0.4) is 0 Å². The fourth-order valence-electron chi connectivity index (χ4n) is 3.56. The molecular formula is C20H25NO4. The van der Waals surface area contributed by atoms with Crippen molar-refractivity contribution in [2.75, 3.05) is 20.3 Å². The molecule has 5 nitrogen and oxygen atoms in total. The molecule has 0 unspecified atom stereocenters. The molecule has 5 heteroatoms. The van der Waals surface area contributed by atoms with Gasteiger partial charge in [-0.2, -0.15) is 0 Å². The molecule has 1 aromatic carbocycles. The zero-order valence-corrected chi connectivity index (χ0v) is 14.9. The molecule has 0 aliphatic heterocycles. The normalized spacial score (nSPS) is 12.4. The molecule has 134 valence electrons. The standard InChI is InChI=1S/C20H25NO4/c1-3-25-19(23)12-18-20-15(13-21(18)9-4-10-22)6-5-14-7-8-16(24-2)11-17(14)20/h7-8,11,13,22H,3-6,9-10,12H2,1-2H3. The summed E-state index contributed by atoms with van der Waals surface area (Å²) in [6.45, 7) is 3.02. The van der Waals surface area contributed by atoms with E-state index in [4.69, 9.17) is 9.47 Å². The Morgan fingerprint density at radius 2 is 2.08 bits per heavy atom. The molecule has 3 rings (SSSR count). The zero-order valence-electron chi connectivity index (χ0n) is 14.9. The Hall–Kier alpha value is -2.27. The van der Waals surface area contributed by atoms with E-state index >= 15 is 0 Å². The van der Waals surface area contributed by atoms with E-state index in [0.717, 1.165) is 35.4 Å². The Labute approximate surface area is 148 Å². The molecule has 2 aromatic rings. The number of methoxy groups -OCH3 is 1. The van der Waals surface area contributed by atoms with Crippen LogP contribution in [0.4, 0.5) is 0 Å². The predicted octanol–water partition coefficient (Wildman–Crippen LogP) is 2.75. The molecule has 0 bridgehead atoms. The first-order chi connectivity index (χ1) is 12.2. The van der Waals surface area contributed by atoms with Crippen LogP contribution in [0.5, 0.6) is 5.75 Å². The molecule has 1 aliphatic carbocycles. The van der Waals surface area contributed by atoms with Gasteiger partial charge < -0.3 is 19.1 Å². The molecule has 0 saturated heterocycles. The zero-order chi connectivity index (χ0) is 17.8. The van der Waals surface area contributed by atoms with Gasteiger partial charge in [0.25, 0.3) is 0 Å². The van der Waals surface area contributed by atoms with Gasteiger partial charge >= 0.3 is 5.97 Å². The van der Waals surface area contributed by atoms with Crippen LogP contribution in [0.2, 0.25) is 0 Å². The van der Waals surface area contributed by atoms with E-state index in [9.17, 15) is 9.90 Å². The highest BCUT2D eigenvalue weighted by atomic mass is 16.5. The Morgan fingerprint density at radius 3 is 2.80 bits per heavy atom. The van der Waals surface area contributed by atoms with Crippen LogP contribution >= 0.6 is 0 Å². The Balaban J connectivity index is 2.08. The molecule has 1 heterocycles. The van der Waals surface area contributed by atoms with Crippen LogP contribution in [-0.2, 0) is 35.3 Å². The second-order valence-corrected chi connectivity index (χ2v) is 6.25. The van der Waals surface area contributed by atoms with Gasteiger partial charge in [0, 0.05) is 30.6 Å². The summed E-state index contributed by atoms with van der Waals surface area (Å²) in [5, 5.41) is 9.19. The fourth-order valence-corrected chi connectivity index (χ4v) is 3.56. The summed E-state index contributed by atoms with van der Waals surface area (Å²) in [5.74, 6) is 0.598. The predicted molar refractivity (Wildman–Crippen MR) is 95.9 cm³/mol. The average Bonchev–Trinajstić information content (AvgIpc) is 2.97. The number of ether oxygens (including phenoxy) is 2. The number of esters is 1. The van der Waals surface area contributed by atoms with Crippen molar-refractivity contribution in [2.45, 2.75) is 39.2 Å². The number of nitrogens with zero attached hydrogens (tertiary/aromatic N) is 1. The molecule has 25 heavy (non-hydrogen) atoms. The van der Waals surface area contributed by atoms with E-state index in [0.29, 0.717) is 19.6 Å². The lowest BCUT2D eigenvalue weighted by atomic mass is 9.86. The van der Waals surface area contributed by atoms with E-state index in [1.807, 2.05) is 13.0 Å². The van der Waals surface area contributed by atoms with Crippen molar-refractivity contribution < 1.29 is 19.4 Å². The van der Waals surface area contributed by atoms with Gasteiger partial charge in [0.2, 0.25) is 0 Å². The van der Waals surface area contributed by atoms with Crippen LogP contribution in [0.1, 0.15) is 30.2 Å². The number of fused-ring (bicyclic) bond motifs is 3. The van der Waals surface area contributed by atoms with Crippen LogP contribution in [0, 0.1) is 0 Å². The molecule has 0 radical (unpaired) electrons. The number of hydrogen-bond donors (Lipinski definition) is 1. The summed E-state index contributed by atoms with van der Waals surface area (Å²) in [5.41, 5.74) is 5.77. The number of benzene rings is 1. The highest BCUT2D eigenvalue weighted by Gasteiger charge is 2.25. The Bertz CT molecular complexity index is 763. The van der Waals surface area contributed by atoms with E-state index in [1.165, 1.54) is 11.1 Å². The van der Waals surface area contributed by atoms with Crippen molar-refractivity contribution in [2.24, 2.45) is 0 Å². The van der Waals surface area contributed by atoms with Gasteiger partial charge in [-0.25, -0.2) is 0 Å². The van der Waals surface area contributed by atoms with Crippen LogP contribution < -0.4 is 4.74 Å². The van der Waals surface area contributed by atoms with Gasteiger partial charge in [-0.15, -0.1) is 0 Å². The minimum absolute atomic E-state index is 0.131. The number of aliphatic hydroxyl groups is 1. The van der Waals surface area contributed by atoms with Gasteiger partial charge in [0.15, 0.2) is 0 Å². The molecule has 0 fully saturated rings. The molecule has 1 N–H and O–H groups in total. The number of aryl methyl sites for hydroxylation is 3. The largest absolute Gasteiger partial charge is 0.497 e. The van der Waals surface area contributed by atoms with Crippen LogP contribution in [0.25, 0.3) is 11.1 Å². The Morgan fingerprint density at radius 1 is 1.28 bits per heavy atom. The summed E-state index contributed by atoms with van der Waals surface area (Å²) in [4.78, 5) is 12.1. The van der Waals surface area contributed by atoms with Gasteiger partial charge in [-0.05, 0) is 55.0 Å². The highest BCUT2D eigenvalue weighted by molar-refractivity contribution is 5.82. The van der Waals surface area contributed by atoms with Crippen LogP contribution in [0.15, 0.2) is 24.4 Å². The number of rotatable bonds is 7. The molecule has 0 atom stereocenters. The monoisotopic (exact) mass is 343 g/mol. The second-order valence-electron chi connectivity index (χ2n) is 6.25. The third-order valence-electron chi connectivity index (χ3n) is 4.69. The van der Waals surface area contributed by atoms with E-state index in [1.54, 1.807) is 7.11 Å². The third kappa shape index (κ3) is 3.56. The minimum atomic E-state index is -0.219. The van der Waals surface area contributed by atoms with Crippen molar-refractivity contribution in [1.82, 2.24) is 4.57 Å². The van der Waals surface area contributed by atoms with Gasteiger partial charge in [0.1, 0.15) is 5.75 Å². The van der Waals surface area contributed by atoms with Crippen molar-refractivity contribution in [3.63, 3.8) is 0 Å². The Kier molecular flexibility index (Phi) is 5.43. The lowest BCUT2D eigenvalue weighted by molar-refractivity contribution is -0.142. The second kappa shape index (κ2) is 7.74. The van der Waals surface area contributed by atoms with Gasteiger partial charge in [-0.1, -0.05) is 6.07 Å². The molecule has 1 aliphatic rings. The third-order valence-corrected chi connectivity index (χ3v) is 4.69. The molecule has 0 spiro atoms. The van der Waals surface area contributed by atoms with Crippen LogP contribution in [-0.4, -0.2) is 36.0 Å². The summed E-state index contributed by atoms with van der Waals surface area (Å²) in [7, 11) is 1.66. The van der Waals surface area contributed by atoms with Crippen molar-refractivity contribution in [3.05, 3.63) is 41.2 Å². The molecule has 0 saturated carbocycles. The smallest absolute Gasteiger partial charge is 0.311 e. The SMILES string of the molecule is CCOC(=O)Cc1c2c(cn1CCCO)CCc1ccc(OC)cc1-2. The molecule has 0 amide bonds. The van der Waals surface area contributed by atoms with Gasteiger partial charge in [-0.3, -0.25) is 4.79 Å². The lowest BCUT2D eigenvalue weighted by Gasteiger charge is -2.19. The first-order valence-electron chi connectivity index (χ1n) is 8.82. The maximum Gasteiger partial charge on any atom is 0.311 e. The number of carbonyl (C=O) groups excluding carboxylic acids is 1. The summed E-state index contributed by atoms with van der Waals surface area (Å²) >= 11 is 0. The average molecular weight is 343 g/mol. The lowest BCUT2D eigenvalue weighted by Crippen LogP contribution is -2.13. The molecule has 1 aromatic heterocycles. The van der Waals surface area contributed by atoms with Crippen molar-refractivity contribution in [3.8, 4) is 16.9 Å².